The summed E-state index contributed by atoms with van der Waals surface area (Å²) in [5, 5.41) is -0.0273. The summed E-state index contributed by atoms with van der Waals surface area (Å²) in [6.45, 7) is 2.14. The number of carbonyl (C=O) groups excluding carboxylic acids is 1. The molecule has 0 aliphatic carbocycles. The fourth-order valence-corrected chi connectivity index (χ4v) is 6.17. The molecule has 0 bridgehead atoms. The van der Waals surface area contributed by atoms with Crippen LogP contribution in [0.25, 0.3) is 0 Å². The van der Waals surface area contributed by atoms with Crippen LogP contribution < -0.4 is 4.31 Å². The van der Waals surface area contributed by atoms with Crippen LogP contribution in [-0.2, 0) is 23.6 Å². The van der Waals surface area contributed by atoms with E-state index in [2.05, 4.69) is 29.1 Å². The number of anilines is 1. The highest BCUT2D eigenvalue weighted by atomic mass is 32.2. The number of rotatable bonds is 7. The minimum Gasteiger partial charge on any atom is -0.339 e. The molecule has 38 heavy (non-hydrogen) atoms. The van der Waals surface area contributed by atoms with Crippen molar-refractivity contribution in [3.05, 3.63) is 114 Å². The average Bonchev–Trinajstić information content (AvgIpc) is 3.40. The molecular weight excluding hydrogens is 498 g/mol. The molecule has 5 rings (SSSR count). The van der Waals surface area contributed by atoms with E-state index in [1.54, 1.807) is 35.9 Å². The third kappa shape index (κ3) is 5.34. The highest BCUT2D eigenvalue weighted by Gasteiger charge is 2.30. The van der Waals surface area contributed by atoms with E-state index >= 15 is 0 Å². The number of benzene rings is 3. The molecule has 1 aliphatic heterocycles. The second-order valence-corrected chi connectivity index (χ2v) is 11.4. The van der Waals surface area contributed by atoms with Crippen LogP contribution in [0.3, 0.4) is 0 Å². The lowest BCUT2D eigenvalue weighted by Crippen LogP contribution is -2.49. The summed E-state index contributed by atoms with van der Waals surface area (Å²) in [5.41, 5.74) is 3.02. The first-order valence-corrected chi connectivity index (χ1v) is 14.0. The molecule has 0 saturated carbocycles. The van der Waals surface area contributed by atoms with Gasteiger partial charge >= 0.3 is 0 Å². The number of amides is 1. The van der Waals surface area contributed by atoms with E-state index < -0.39 is 10.0 Å². The van der Waals surface area contributed by atoms with Crippen molar-refractivity contribution in [2.45, 2.75) is 17.6 Å². The Morgan fingerprint density at radius 3 is 2.21 bits per heavy atom. The van der Waals surface area contributed by atoms with Crippen molar-refractivity contribution in [3.8, 4) is 0 Å². The highest BCUT2D eigenvalue weighted by Crippen LogP contribution is 2.28. The van der Waals surface area contributed by atoms with E-state index in [-0.39, 0.29) is 23.5 Å². The fourth-order valence-electron chi connectivity index (χ4n) is 4.75. The first-order valence-electron chi connectivity index (χ1n) is 12.5. The van der Waals surface area contributed by atoms with Crippen molar-refractivity contribution in [2.24, 2.45) is 7.05 Å². The molecule has 2 heterocycles. The van der Waals surface area contributed by atoms with Gasteiger partial charge in [0.05, 0.1) is 24.6 Å². The summed E-state index contributed by atoms with van der Waals surface area (Å²) >= 11 is 0. The van der Waals surface area contributed by atoms with E-state index in [1.165, 1.54) is 22.4 Å². The van der Waals surface area contributed by atoms with Gasteiger partial charge in [0.2, 0.25) is 0 Å². The highest BCUT2D eigenvalue weighted by molar-refractivity contribution is 7.92. The zero-order chi connectivity index (χ0) is 26.7. The summed E-state index contributed by atoms with van der Waals surface area (Å²) in [5.74, 6) is -0.0622. The number of aryl methyl sites for hydroxylation is 1. The summed E-state index contributed by atoms with van der Waals surface area (Å²) in [7, 11) is -0.117. The molecule has 8 nitrogen and oxygen atoms in total. The lowest BCUT2D eigenvalue weighted by molar-refractivity contribution is 0.0546. The summed E-state index contributed by atoms with van der Waals surface area (Å²) < 4.78 is 30.1. The molecule has 0 radical (unpaired) electrons. The topological polar surface area (TPSA) is 78.8 Å². The number of sulfonamides is 1. The Balaban J connectivity index is 1.40. The number of imidazole rings is 1. The van der Waals surface area contributed by atoms with E-state index in [1.807, 2.05) is 53.4 Å². The molecule has 1 aromatic heterocycles. The molecule has 1 aliphatic rings. The van der Waals surface area contributed by atoms with Gasteiger partial charge in [0, 0.05) is 38.4 Å². The maximum absolute atomic E-state index is 13.6. The van der Waals surface area contributed by atoms with Gasteiger partial charge in [-0.3, -0.25) is 14.0 Å². The Bertz CT molecular complexity index is 1490. The Kier molecular flexibility index (Phi) is 7.31. The van der Waals surface area contributed by atoms with Gasteiger partial charge in [-0.1, -0.05) is 60.7 Å². The third-order valence-electron chi connectivity index (χ3n) is 6.93. The molecule has 0 N–H and O–H groups in total. The maximum atomic E-state index is 13.6. The summed E-state index contributed by atoms with van der Waals surface area (Å²) in [4.78, 5) is 21.7. The molecule has 4 aromatic rings. The van der Waals surface area contributed by atoms with Gasteiger partial charge in [-0.25, -0.2) is 4.98 Å². The van der Waals surface area contributed by atoms with Crippen LogP contribution >= 0.6 is 0 Å². The lowest BCUT2D eigenvalue weighted by Gasteiger charge is -2.39. The van der Waals surface area contributed by atoms with Crippen LogP contribution in [0.4, 0.5) is 5.69 Å². The minimum absolute atomic E-state index is 0.0273. The minimum atomic E-state index is -3.93. The maximum Gasteiger partial charge on any atom is 0.283 e. The quantitative estimate of drug-likeness (QED) is 0.362. The van der Waals surface area contributed by atoms with Crippen molar-refractivity contribution >= 4 is 21.6 Å². The van der Waals surface area contributed by atoms with E-state index in [4.69, 9.17) is 0 Å². The molecular formula is C29H31N5O3S. The first kappa shape index (κ1) is 25.7. The molecule has 1 saturated heterocycles. The smallest absolute Gasteiger partial charge is 0.283 e. The number of hydrogen-bond acceptors (Lipinski definition) is 5. The number of nitrogens with zero attached hydrogens (tertiary/aromatic N) is 5. The van der Waals surface area contributed by atoms with Gasteiger partial charge in [-0.15, -0.1) is 0 Å². The number of likely N-dealkylation sites (N-methyl/N-ethyl adjacent to an activating group) is 1. The summed E-state index contributed by atoms with van der Waals surface area (Å²) in [6, 6.07) is 26.5. The van der Waals surface area contributed by atoms with Crippen molar-refractivity contribution in [3.63, 3.8) is 0 Å². The van der Waals surface area contributed by atoms with Gasteiger partial charge in [0.1, 0.15) is 0 Å². The molecule has 9 heteroatoms. The number of carbonyl (C=O) groups is 1. The van der Waals surface area contributed by atoms with Crippen LogP contribution in [0.5, 0.6) is 0 Å². The Hall–Kier alpha value is -3.95. The second-order valence-electron chi connectivity index (χ2n) is 9.58. The number of aromatic nitrogens is 2. The van der Waals surface area contributed by atoms with Crippen LogP contribution in [0.1, 0.15) is 27.5 Å². The van der Waals surface area contributed by atoms with Gasteiger partial charge in [-0.2, -0.15) is 8.42 Å². The zero-order valence-electron chi connectivity index (χ0n) is 21.5. The third-order valence-corrected chi connectivity index (χ3v) is 8.59. The van der Waals surface area contributed by atoms with Crippen LogP contribution in [0, 0.1) is 0 Å². The van der Waals surface area contributed by atoms with Crippen LogP contribution in [0.15, 0.2) is 102 Å². The van der Waals surface area contributed by atoms with Crippen molar-refractivity contribution in [1.29, 1.82) is 0 Å². The standard InChI is InChI=1S/C29H31N5O3S/c1-31-21-28(30-22-31)38(36,37)34(19-23-9-5-3-6-10-23)26-15-13-25(14-16-26)29(35)33-18-17-32(2)27(20-33)24-11-7-4-8-12-24/h3-16,21-22,27H,17-20H2,1-2H3. The van der Waals surface area contributed by atoms with Gasteiger partial charge in [0.15, 0.2) is 5.03 Å². The van der Waals surface area contributed by atoms with Gasteiger partial charge < -0.3 is 9.47 Å². The zero-order valence-corrected chi connectivity index (χ0v) is 22.3. The number of hydrogen-bond donors (Lipinski definition) is 0. The Morgan fingerprint density at radius 2 is 1.58 bits per heavy atom. The average molecular weight is 530 g/mol. The first-order chi connectivity index (χ1) is 18.3. The molecule has 196 valence electrons. The summed E-state index contributed by atoms with van der Waals surface area (Å²) in [6.07, 6.45) is 2.95. The number of piperazine rings is 1. The fraction of sp³-hybridized carbons (Fsp3) is 0.241. The molecule has 0 spiro atoms. The lowest BCUT2D eigenvalue weighted by atomic mass is 10.0. The van der Waals surface area contributed by atoms with E-state index in [0.29, 0.717) is 24.3 Å². The van der Waals surface area contributed by atoms with Crippen LogP contribution in [0.2, 0.25) is 0 Å². The van der Waals surface area contributed by atoms with Gasteiger partial charge in [0.25, 0.3) is 15.9 Å². The predicted molar refractivity (Wildman–Crippen MR) is 147 cm³/mol. The Labute approximate surface area is 223 Å². The van der Waals surface area contributed by atoms with E-state index in [9.17, 15) is 13.2 Å². The molecule has 1 amide bonds. The second kappa shape index (κ2) is 10.8. The molecule has 1 atom stereocenters. The van der Waals surface area contributed by atoms with Crippen molar-refractivity contribution in [1.82, 2.24) is 19.4 Å². The SMILES string of the molecule is CN1CCN(C(=O)c2ccc(N(Cc3ccccc3)S(=O)(=O)c3cn(C)cn3)cc2)CC1c1ccccc1. The molecule has 1 unspecified atom stereocenters. The molecule has 3 aromatic carbocycles. The normalized spacial score (nSPS) is 16.4. The van der Waals surface area contributed by atoms with Gasteiger partial charge in [-0.05, 0) is 42.4 Å². The van der Waals surface area contributed by atoms with E-state index in [0.717, 1.165) is 12.1 Å². The van der Waals surface area contributed by atoms with Crippen molar-refractivity contribution in [2.75, 3.05) is 31.0 Å². The van der Waals surface area contributed by atoms with Crippen molar-refractivity contribution < 1.29 is 13.2 Å². The molecule has 1 fully saturated rings. The Morgan fingerprint density at radius 1 is 0.921 bits per heavy atom. The monoisotopic (exact) mass is 529 g/mol. The predicted octanol–water partition coefficient (Wildman–Crippen LogP) is 3.94. The largest absolute Gasteiger partial charge is 0.339 e. The van der Waals surface area contributed by atoms with Crippen LogP contribution in [-0.4, -0.2) is 60.4 Å².